The molecule has 1 saturated heterocycles. The molecule has 2 atom stereocenters. The van der Waals surface area contributed by atoms with Gasteiger partial charge in [-0.25, -0.2) is 9.37 Å². The number of imidazole rings is 1. The molecule has 2 aromatic heterocycles. The second kappa shape index (κ2) is 7.15. The molecule has 4 rings (SSSR count). The molecule has 0 radical (unpaired) electrons. The first-order valence-corrected chi connectivity index (χ1v) is 8.89. The number of hydrogen-bond acceptors (Lipinski definition) is 4. The molecule has 0 bridgehead atoms. The van der Waals surface area contributed by atoms with Gasteiger partial charge in [-0.3, -0.25) is 4.90 Å². The van der Waals surface area contributed by atoms with Gasteiger partial charge in [-0.2, -0.15) is 0 Å². The monoisotopic (exact) mass is 355 g/mol. The zero-order valence-electron chi connectivity index (χ0n) is 14.7. The van der Waals surface area contributed by atoms with Crippen LogP contribution in [0, 0.1) is 5.82 Å². The smallest absolute Gasteiger partial charge is 0.137 e. The third-order valence-electron chi connectivity index (χ3n) is 4.81. The van der Waals surface area contributed by atoms with E-state index in [1.165, 1.54) is 12.1 Å². The van der Waals surface area contributed by atoms with E-state index in [-0.39, 0.29) is 11.9 Å². The van der Waals surface area contributed by atoms with E-state index in [1.807, 2.05) is 31.3 Å². The van der Waals surface area contributed by atoms with Crippen molar-refractivity contribution in [3.63, 3.8) is 0 Å². The number of rotatable bonds is 5. The van der Waals surface area contributed by atoms with Crippen LogP contribution in [0.15, 0.2) is 48.7 Å². The van der Waals surface area contributed by atoms with Crippen LogP contribution in [0.2, 0.25) is 0 Å². The lowest BCUT2D eigenvalue weighted by molar-refractivity contribution is -0.00245. The van der Waals surface area contributed by atoms with Crippen LogP contribution in [0.4, 0.5) is 4.39 Å². The molecule has 3 heterocycles. The fourth-order valence-corrected chi connectivity index (χ4v) is 3.59. The van der Waals surface area contributed by atoms with Gasteiger partial charge in [0.15, 0.2) is 0 Å². The normalized spacial score (nSPS) is 20.9. The number of hydrogen-bond donors (Lipinski definition) is 1. The van der Waals surface area contributed by atoms with Gasteiger partial charge in [0.25, 0.3) is 0 Å². The van der Waals surface area contributed by atoms with Gasteiger partial charge in [0.05, 0.1) is 23.6 Å². The van der Waals surface area contributed by atoms with E-state index < -0.39 is 6.10 Å². The van der Waals surface area contributed by atoms with Crippen LogP contribution >= 0.6 is 0 Å². The largest absolute Gasteiger partial charge is 0.389 e. The summed E-state index contributed by atoms with van der Waals surface area (Å²) in [6.07, 6.45) is 1.34. The highest BCUT2D eigenvalue weighted by molar-refractivity contribution is 5.66. The number of fused-ring (bicyclic) bond motifs is 1. The predicted molar refractivity (Wildman–Crippen MR) is 97.3 cm³/mol. The van der Waals surface area contributed by atoms with Crippen molar-refractivity contribution < 1.29 is 14.2 Å². The number of halogens is 1. The maximum absolute atomic E-state index is 13.3. The molecule has 1 aliphatic rings. The minimum Gasteiger partial charge on any atom is -0.389 e. The van der Waals surface area contributed by atoms with Crippen LogP contribution in [0.5, 0.6) is 0 Å². The van der Waals surface area contributed by atoms with Gasteiger partial charge in [0, 0.05) is 38.0 Å². The Kier molecular flexibility index (Phi) is 4.72. The van der Waals surface area contributed by atoms with Crippen molar-refractivity contribution in [2.75, 3.05) is 19.7 Å². The van der Waals surface area contributed by atoms with E-state index in [9.17, 15) is 9.50 Å². The average molecular weight is 355 g/mol. The Morgan fingerprint density at radius 2 is 2.00 bits per heavy atom. The second-order valence-corrected chi connectivity index (χ2v) is 6.60. The number of β-amino-alcohol motifs (C(OH)–C–C–N with tert-alkyl or cyclic N) is 1. The van der Waals surface area contributed by atoms with Crippen molar-refractivity contribution >= 4 is 5.65 Å². The molecule has 6 heteroatoms. The number of aliphatic hydroxyl groups excluding tert-OH is 1. The van der Waals surface area contributed by atoms with Crippen molar-refractivity contribution in [2.45, 2.75) is 25.7 Å². The number of ether oxygens (including phenoxy) is 1. The summed E-state index contributed by atoms with van der Waals surface area (Å²) >= 11 is 0. The Morgan fingerprint density at radius 3 is 2.77 bits per heavy atom. The summed E-state index contributed by atoms with van der Waals surface area (Å²) in [6.45, 7) is 4.41. The van der Waals surface area contributed by atoms with Crippen LogP contribution in [0.3, 0.4) is 0 Å². The maximum Gasteiger partial charge on any atom is 0.137 e. The van der Waals surface area contributed by atoms with Gasteiger partial charge < -0.3 is 14.2 Å². The van der Waals surface area contributed by atoms with Crippen molar-refractivity contribution in [1.82, 2.24) is 14.3 Å². The third-order valence-corrected chi connectivity index (χ3v) is 4.81. The highest BCUT2D eigenvalue weighted by Crippen LogP contribution is 2.27. The fourth-order valence-electron chi connectivity index (χ4n) is 3.59. The lowest BCUT2D eigenvalue weighted by atomic mass is 10.1. The van der Waals surface area contributed by atoms with Gasteiger partial charge in [0.1, 0.15) is 11.5 Å². The van der Waals surface area contributed by atoms with E-state index in [2.05, 4.69) is 9.30 Å². The third kappa shape index (κ3) is 3.23. The molecule has 1 aliphatic heterocycles. The SMILES string of the molecule is CCO[C@H]1CN(Cc2c(-c3ccc(F)cc3)nc3ccccn23)C[C@@H]1O. The fraction of sp³-hybridized carbons (Fsp3) is 0.350. The summed E-state index contributed by atoms with van der Waals surface area (Å²) in [4.78, 5) is 6.92. The standard InChI is InChI=1S/C20H22FN3O2/c1-2-26-18-13-23(12-17(18)25)11-16-20(14-6-8-15(21)9-7-14)22-19-5-3-4-10-24(16)19/h3-10,17-18,25H,2,11-13H2,1H3/t17-,18-/m0/s1. The number of pyridine rings is 1. The van der Waals surface area contributed by atoms with E-state index >= 15 is 0 Å². The van der Waals surface area contributed by atoms with Crippen molar-refractivity contribution in [3.8, 4) is 11.3 Å². The Hall–Kier alpha value is -2.28. The van der Waals surface area contributed by atoms with Crippen molar-refractivity contribution in [3.05, 3.63) is 60.2 Å². The van der Waals surface area contributed by atoms with Crippen molar-refractivity contribution in [1.29, 1.82) is 0 Å². The van der Waals surface area contributed by atoms with Crippen LogP contribution in [0.25, 0.3) is 16.9 Å². The van der Waals surface area contributed by atoms with E-state index in [4.69, 9.17) is 9.72 Å². The molecular weight excluding hydrogens is 333 g/mol. The molecule has 1 N–H and O–H groups in total. The minimum absolute atomic E-state index is 0.159. The molecule has 5 nitrogen and oxygen atoms in total. The summed E-state index contributed by atoms with van der Waals surface area (Å²) in [5.41, 5.74) is 3.59. The maximum atomic E-state index is 13.3. The molecule has 136 valence electrons. The summed E-state index contributed by atoms with van der Waals surface area (Å²) in [5, 5.41) is 10.2. The Bertz CT molecular complexity index is 894. The zero-order chi connectivity index (χ0) is 18.1. The van der Waals surface area contributed by atoms with Gasteiger partial charge in [-0.05, 0) is 43.3 Å². The first kappa shape index (κ1) is 17.1. The molecule has 0 unspecified atom stereocenters. The first-order chi connectivity index (χ1) is 12.7. The molecule has 3 aromatic rings. The molecule has 0 aliphatic carbocycles. The first-order valence-electron chi connectivity index (χ1n) is 8.89. The lowest BCUT2D eigenvalue weighted by Crippen LogP contribution is -2.26. The van der Waals surface area contributed by atoms with E-state index in [0.29, 0.717) is 26.2 Å². The summed E-state index contributed by atoms with van der Waals surface area (Å²) in [5.74, 6) is -0.263. The lowest BCUT2D eigenvalue weighted by Gasteiger charge is -2.16. The molecule has 0 spiro atoms. The van der Waals surface area contributed by atoms with Gasteiger partial charge in [-0.1, -0.05) is 6.07 Å². The highest BCUT2D eigenvalue weighted by atomic mass is 19.1. The average Bonchev–Trinajstić information content (AvgIpc) is 3.17. The van der Waals surface area contributed by atoms with Gasteiger partial charge >= 0.3 is 0 Å². The Balaban J connectivity index is 1.69. The minimum atomic E-state index is -0.483. The number of aromatic nitrogens is 2. The van der Waals surface area contributed by atoms with Crippen LogP contribution < -0.4 is 0 Å². The predicted octanol–water partition coefficient (Wildman–Crippen LogP) is 2.72. The molecule has 1 fully saturated rings. The Labute approximate surface area is 151 Å². The molecular formula is C20H22FN3O2. The van der Waals surface area contributed by atoms with Gasteiger partial charge in [0.2, 0.25) is 0 Å². The number of benzene rings is 1. The molecule has 0 saturated carbocycles. The van der Waals surface area contributed by atoms with E-state index in [0.717, 1.165) is 22.6 Å². The summed E-state index contributed by atoms with van der Waals surface area (Å²) in [7, 11) is 0. The number of aliphatic hydroxyl groups is 1. The van der Waals surface area contributed by atoms with Crippen LogP contribution in [-0.4, -0.2) is 51.3 Å². The quantitative estimate of drug-likeness (QED) is 0.765. The van der Waals surface area contributed by atoms with Gasteiger partial charge in [-0.15, -0.1) is 0 Å². The zero-order valence-corrected chi connectivity index (χ0v) is 14.7. The Morgan fingerprint density at radius 1 is 1.19 bits per heavy atom. The van der Waals surface area contributed by atoms with E-state index in [1.54, 1.807) is 12.1 Å². The van der Waals surface area contributed by atoms with Crippen molar-refractivity contribution in [2.24, 2.45) is 0 Å². The summed E-state index contributed by atoms with van der Waals surface area (Å²) < 4.78 is 21.0. The second-order valence-electron chi connectivity index (χ2n) is 6.60. The molecule has 26 heavy (non-hydrogen) atoms. The molecule has 1 aromatic carbocycles. The molecule has 0 amide bonds. The number of nitrogens with zero attached hydrogens (tertiary/aromatic N) is 3. The highest BCUT2D eigenvalue weighted by Gasteiger charge is 2.32. The summed E-state index contributed by atoms with van der Waals surface area (Å²) in [6, 6.07) is 12.3. The number of likely N-dealkylation sites (tertiary alicyclic amines) is 1. The topological polar surface area (TPSA) is 50.0 Å². The van der Waals surface area contributed by atoms with Crippen LogP contribution in [0.1, 0.15) is 12.6 Å². The van der Waals surface area contributed by atoms with Crippen LogP contribution in [-0.2, 0) is 11.3 Å².